The molecule has 3 rings (SSSR count). The molecule has 1 aliphatic rings. The topological polar surface area (TPSA) is 59.2 Å². The van der Waals surface area contributed by atoms with Crippen molar-refractivity contribution in [3.05, 3.63) is 35.9 Å². The van der Waals surface area contributed by atoms with Gasteiger partial charge in [-0.15, -0.1) is 0 Å². The summed E-state index contributed by atoms with van der Waals surface area (Å²) in [6.07, 6.45) is 2.98. The first-order valence-electron chi connectivity index (χ1n) is 7.01. The monoisotopic (exact) mass is 289 g/mol. The Morgan fingerprint density at radius 2 is 2.19 bits per heavy atom. The number of hydrogen-bond donors (Lipinski definition) is 0. The van der Waals surface area contributed by atoms with Gasteiger partial charge in [0.25, 0.3) is 5.89 Å². The molecule has 1 fully saturated rings. The van der Waals surface area contributed by atoms with E-state index in [0.29, 0.717) is 23.8 Å². The van der Waals surface area contributed by atoms with E-state index in [0.717, 1.165) is 32.2 Å². The van der Waals surface area contributed by atoms with Crippen LogP contribution in [-0.4, -0.2) is 34.4 Å². The summed E-state index contributed by atoms with van der Waals surface area (Å²) in [4.78, 5) is 17.3. The van der Waals surface area contributed by atoms with Gasteiger partial charge >= 0.3 is 0 Å². The Morgan fingerprint density at radius 3 is 2.95 bits per heavy atom. The third kappa shape index (κ3) is 3.33. The van der Waals surface area contributed by atoms with Gasteiger partial charge in [0.2, 0.25) is 0 Å². The number of benzene rings is 1. The number of likely N-dealkylation sites (tertiary alicyclic amines) is 1. The summed E-state index contributed by atoms with van der Waals surface area (Å²) >= 11 is 0. The first kappa shape index (κ1) is 13.9. The van der Waals surface area contributed by atoms with Crippen LogP contribution in [0.1, 0.15) is 18.7 Å². The average Bonchev–Trinajstić information content (AvgIpc) is 2.96. The number of rotatable bonds is 4. The van der Waals surface area contributed by atoms with Gasteiger partial charge in [-0.2, -0.15) is 4.98 Å². The van der Waals surface area contributed by atoms with Crippen LogP contribution in [0.25, 0.3) is 11.5 Å². The van der Waals surface area contributed by atoms with Crippen LogP contribution in [0, 0.1) is 11.7 Å². The molecular formula is C15H16FN3O2. The van der Waals surface area contributed by atoms with E-state index in [1.54, 1.807) is 12.1 Å². The number of piperidine rings is 1. The van der Waals surface area contributed by atoms with E-state index in [2.05, 4.69) is 15.0 Å². The molecule has 1 aromatic heterocycles. The maximum atomic E-state index is 12.9. The standard InChI is InChI=1S/C15H16FN3O2/c16-13-5-3-12(4-6-13)15-17-14(18-21-15)9-19-7-1-2-11(8-19)10-20/h3-6,10-11H,1-2,7-9H2. The van der Waals surface area contributed by atoms with Gasteiger partial charge in [-0.3, -0.25) is 4.90 Å². The second-order valence-corrected chi connectivity index (χ2v) is 5.30. The molecule has 0 saturated carbocycles. The van der Waals surface area contributed by atoms with E-state index in [1.165, 1.54) is 12.1 Å². The molecule has 5 nitrogen and oxygen atoms in total. The molecule has 1 aromatic carbocycles. The Labute approximate surface area is 121 Å². The molecule has 0 amide bonds. The zero-order chi connectivity index (χ0) is 14.7. The number of hydrogen-bond acceptors (Lipinski definition) is 5. The molecule has 21 heavy (non-hydrogen) atoms. The fourth-order valence-electron chi connectivity index (χ4n) is 2.57. The highest BCUT2D eigenvalue weighted by atomic mass is 19.1. The van der Waals surface area contributed by atoms with Crippen LogP contribution in [-0.2, 0) is 11.3 Å². The first-order chi connectivity index (χ1) is 10.2. The van der Waals surface area contributed by atoms with E-state index < -0.39 is 0 Å². The number of carbonyl (C=O) groups excluding carboxylic acids is 1. The summed E-state index contributed by atoms with van der Waals surface area (Å²) in [6, 6.07) is 5.93. The van der Waals surface area contributed by atoms with Gasteiger partial charge in [-0.25, -0.2) is 4.39 Å². The smallest absolute Gasteiger partial charge is 0.257 e. The van der Waals surface area contributed by atoms with Crippen molar-refractivity contribution in [2.75, 3.05) is 13.1 Å². The molecule has 2 aromatic rings. The molecule has 2 heterocycles. The Kier molecular flexibility index (Phi) is 4.06. The summed E-state index contributed by atoms with van der Waals surface area (Å²) in [6.45, 7) is 2.24. The molecule has 0 aliphatic carbocycles. The molecule has 0 N–H and O–H groups in total. The summed E-state index contributed by atoms with van der Waals surface area (Å²) in [5, 5.41) is 3.95. The van der Waals surface area contributed by atoms with Gasteiger partial charge in [-0.1, -0.05) is 5.16 Å². The molecule has 1 atom stereocenters. The van der Waals surface area contributed by atoms with Crippen LogP contribution in [0.3, 0.4) is 0 Å². The molecule has 1 saturated heterocycles. The van der Waals surface area contributed by atoms with Crippen molar-refractivity contribution >= 4 is 6.29 Å². The molecule has 1 unspecified atom stereocenters. The number of aromatic nitrogens is 2. The molecule has 110 valence electrons. The zero-order valence-corrected chi connectivity index (χ0v) is 11.5. The lowest BCUT2D eigenvalue weighted by Gasteiger charge is -2.28. The number of nitrogens with zero attached hydrogens (tertiary/aromatic N) is 3. The lowest BCUT2D eigenvalue weighted by molar-refractivity contribution is -0.112. The van der Waals surface area contributed by atoms with Gasteiger partial charge in [0.15, 0.2) is 5.82 Å². The third-order valence-electron chi connectivity index (χ3n) is 3.66. The van der Waals surface area contributed by atoms with E-state index >= 15 is 0 Å². The summed E-state index contributed by atoms with van der Waals surface area (Å²) in [5.74, 6) is 0.767. The van der Waals surface area contributed by atoms with Crippen molar-refractivity contribution in [3.8, 4) is 11.5 Å². The van der Waals surface area contributed by atoms with Crippen LogP contribution in [0.15, 0.2) is 28.8 Å². The minimum Gasteiger partial charge on any atom is -0.334 e. The summed E-state index contributed by atoms with van der Waals surface area (Å²) in [7, 11) is 0. The molecule has 6 heteroatoms. The minimum absolute atomic E-state index is 0.0993. The second-order valence-electron chi connectivity index (χ2n) is 5.30. The number of aldehydes is 1. The largest absolute Gasteiger partial charge is 0.334 e. The fourth-order valence-corrected chi connectivity index (χ4v) is 2.57. The van der Waals surface area contributed by atoms with Crippen molar-refractivity contribution in [2.24, 2.45) is 5.92 Å². The molecular weight excluding hydrogens is 273 g/mol. The Hall–Kier alpha value is -2.08. The maximum Gasteiger partial charge on any atom is 0.257 e. The normalized spacial score (nSPS) is 19.6. The van der Waals surface area contributed by atoms with Crippen LogP contribution in [0.4, 0.5) is 4.39 Å². The highest BCUT2D eigenvalue weighted by Gasteiger charge is 2.21. The highest BCUT2D eigenvalue weighted by Crippen LogP contribution is 2.19. The average molecular weight is 289 g/mol. The predicted octanol–water partition coefficient (Wildman–Crippen LogP) is 2.29. The van der Waals surface area contributed by atoms with Crippen LogP contribution in [0.2, 0.25) is 0 Å². The van der Waals surface area contributed by atoms with Crippen molar-refractivity contribution in [1.82, 2.24) is 15.0 Å². The van der Waals surface area contributed by atoms with Gasteiger partial charge in [-0.05, 0) is 43.7 Å². The lowest BCUT2D eigenvalue weighted by Crippen LogP contribution is -2.35. The first-order valence-corrected chi connectivity index (χ1v) is 7.01. The minimum atomic E-state index is -0.299. The van der Waals surface area contributed by atoms with Gasteiger partial charge < -0.3 is 9.32 Å². The van der Waals surface area contributed by atoms with E-state index in [1.807, 2.05) is 0 Å². The van der Waals surface area contributed by atoms with Crippen LogP contribution < -0.4 is 0 Å². The summed E-state index contributed by atoms with van der Waals surface area (Å²) in [5.41, 5.74) is 0.694. The SMILES string of the molecule is O=CC1CCCN(Cc2noc(-c3ccc(F)cc3)n2)C1. The lowest BCUT2D eigenvalue weighted by atomic mass is 10.00. The predicted molar refractivity (Wildman–Crippen MR) is 73.8 cm³/mol. The van der Waals surface area contributed by atoms with Gasteiger partial charge in [0.1, 0.15) is 12.1 Å². The Morgan fingerprint density at radius 1 is 1.38 bits per heavy atom. The molecule has 0 bridgehead atoms. The molecule has 0 spiro atoms. The van der Waals surface area contributed by atoms with E-state index in [-0.39, 0.29) is 11.7 Å². The van der Waals surface area contributed by atoms with Crippen molar-refractivity contribution in [1.29, 1.82) is 0 Å². The van der Waals surface area contributed by atoms with Gasteiger partial charge in [0, 0.05) is 18.0 Å². The van der Waals surface area contributed by atoms with Crippen LogP contribution >= 0.6 is 0 Å². The Balaban J connectivity index is 1.67. The quantitative estimate of drug-likeness (QED) is 0.808. The maximum absolute atomic E-state index is 12.9. The number of halogens is 1. The van der Waals surface area contributed by atoms with Gasteiger partial charge in [0.05, 0.1) is 6.54 Å². The second kappa shape index (κ2) is 6.13. The van der Waals surface area contributed by atoms with Crippen LogP contribution in [0.5, 0.6) is 0 Å². The summed E-state index contributed by atoms with van der Waals surface area (Å²) < 4.78 is 18.1. The number of carbonyl (C=O) groups is 1. The highest BCUT2D eigenvalue weighted by molar-refractivity contribution is 5.54. The Bertz CT molecular complexity index is 612. The molecule has 0 radical (unpaired) electrons. The van der Waals surface area contributed by atoms with E-state index in [9.17, 15) is 9.18 Å². The fraction of sp³-hybridized carbons (Fsp3) is 0.400. The van der Waals surface area contributed by atoms with Crippen molar-refractivity contribution in [3.63, 3.8) is 0 Å². The third-order valence-corrected chi connectivity index (χ3v) is 3.66. The van der Waals surface area contributed by atoms with Crippen molar-refractivity contribution in [2.45, 2.75) is 19.4 Å². The molecule has 1 aliphatic heterocycles. The zero-order valence-electron chi connectivity index (χ0n) is 11.5. The van der Waals surface area contributed by atoms with E-state index in [4.69, 9.17) is 4.52 Å². The van der Waals surface area contributed by atoms with Crippen molar-refractivity contribution < 1.29 is 13.7 Å².